The Hall–Kier alpha value is 2.46. The van der Waals surface area contributed by atoms with Crippen molar-refractivity contribution in [3.63, 3.8) is 0 Å². The van der Waals surface area contributed by atoms with Gasteiger partial charge in [0.05, 0.1) is 0 Å². The average molecular weight is 396 g/mol. The first-order valence-electron chi connectivity index (χ1n) is 0. The molecule has 0 aliphatic heterocycles. The van der Waals surface area contributed by atoms with Crippen LogP contribution in [0.2, 0.25) is 0 Å². The van der Waals surface area contributed by atoms with Crippen LogP contribution in [0.1, 0.15) is 0 Å². The summed E-state index contributed by atoms with van der Waals surface area (Å²) in [4.78, 5) is 0. The summed E-state index contributed by atoms with van der Waals surface area (Å²) in [5, 5.41) is 0. The van der Waals surface area contributed by atoms with Crippen molar-refractivity contribution >= 4 is 0 Å². The molecule has 0 nitrogen and oxygen atoms in total. The summed E-state index contributed by atoms with van der Waals surface area (Å²) in [6.07, 6.45) is 0. The molecule has 0 heterocycles. The van der Waals surface area contributed by atoms with Gasteiger partial charge in [0.1, 0.15) is 0 Å². The van der Waals surface area contributed by atoms with Crippen molar-refractivity contribution in [2.75, 3.05) is 0 Å². The van der Waals surface area contributed by atoms with Gasteiger partial charge < -0.3 is 32.9 Å². The maximum atomic E-state index is 0. The molecule has 0 aromatic rings. The van der Waals surface area contributed by atoms with Gasteiger partial charge in [0, 0.05) is 0 Å². The van der Waals surface area contributed by atoms with Crippen LogP contribution in [0.4, 0.5) is 0 Å². The Morgan fingerprint density at radius 1 is 0.400 bits per heavy atom. The Morgan fingerprint density at radius 2 is 0.400 bits per heavy atom. The molecule has 0 N–H and O–H groups in total. The first-order valence-corrected chi connectivity index (χ1v) is 0. The van der Waals surface area contributed by atoms with Gasteiger partial charge in [-0.25, -0.2) is 0 Å². The predicted octanol–water partition coefficient (Wildman–Crippen LogP) is -24.0. The van der Waals surface area contributed by atoms with Gasteiger partial charge in [-0.2, -0.15) is 0 Å². The topological polar surface area (TPSA) is 0 Å². The third-order valence-electron chi connectivity index (χ3n) is 0. The minimum absolute atomic E-state index is 0. The Kier molecular flexibility index (Phi) is 5610. The number of rotatable bonds is 0. The molecule has 65 valence electrons. The Morgan fingerprint density at radius 3 is 0.400 bits per heavy atom. The first kappa shape index (κ1) is 271. The molecular formula is ErF7LiY. The number of hydrogen-bond acceptors (Lipinski definition) is 0. The standard InChI is InChI=1S/Er.7FH.Li.Y/h;7*1H;;/q+3;;;;;;;;+1;+3/p-7. The maximum absolute atomic E-state index is 0. The molecule has 0 spiro atoms. The van der Waals surface area contributed by atoms with Crippen LogP contribution in [0.5, 0.6) is 0 Å². The van der Waals surface area contributed by atoms with Crippen LogP contribution >= 0.6 is 0 Å². The van der Waals surface area contributed by atoms with Gasteiger partial charge in [0.25, 0.3) is 0 Å². The third-order valence-corrected chi connectivity index (χ3v) is 0. The van der Waals surface area contributed by atoms with Gasteiger partial charge >= 0.3 is 88.9 Å². The predicted molar refractivity (Wildman–Crippen MR) is 0 cm³/mol. The summed E-state index contributed by atoms with van der Waals surface area (Å²) in [5.74, 6) is 0. The van der Waals surface area contributed by atoms with Crippen molar-refractivity contribution in [3.8, 4) is 0 Å². The molecule has 0 fully saturated rings. The summed E-state index contributed by atoms with van der Waals surface area (Å²) in [7, 11) is 0. The zero-order valence-electron chi connectivity index (χ0n) is 4.51. The van der Waals surface area contributed by atoms with E-state index in [1.165, 1.54) is 0 Å². The van der Waals surface area contributed by atoms with Crippen LogP contribution in [0.25, 0.3) is 0 Å². The minimum atomic E-state index is 0. The van der Waals surface area contributed by atoms with Crippen molar-refractivity contribution < 1.29 is 122 Å². The van der Waals surface area contributed by atoms with Crippen LogP contribution in [0.15, 0.2) is 0 Å². The fraction of sp³-hybridized carbons (Fsp3) is 0. The first-order chi connectivity index (χ1) is 0. The second-order valence-corrected chi connectivity index (χ2v) is 0. The van der Waals surface area contributed by atoms with E-state index in [2.05, 4.69) is 0 Å². The van der Waals surface area contributed by atoms with E-state index in [0.29, 0.717) is 0 Å². The van der Waals surface area contributed by atoms with Crippen LogP contribution in [-0.4, -0.2) is 0 Å². The quantitative estimate of drug-likeness (QED) is 0.282. The molecule has 10 heavy (non-hydrogen) atoms. The normalized spacial score (nSPS) is 0. The van der Waals surface area contributed by atoms with E-state index in [1.54, 1.807) is 0 Å². The summed E-state index contributed by atoms with van der Waals surface area (Å²) >= 11 is 0. The molecule has 0 rings (SSSR count). The maximum Gasteiger partial charge on any atom is 3.00 e. The van der Waals surface area contributed by atoms with Crippen molar-refractivity contribution in [1.82, 2.24) is 0 Å². The largest absolute Gasteiger partial charge is 3.00 e. The summed E-state index contributed by atoms with van der Waals surface area (Å²) in [6, 6.07) is 0. The van der Waals surface area contributed by atoms with E-state index in [-0.39, 0.29) is 122 Å². The Bertz CT molecular complexity index is 13.6. The fourth-order valence-corrected chi connectivity index (χ4v) is 0. The molecule has 0 aromatic heterocycles. The molecule has 0 atom stereocenters. The monoisotopic (exact) mass is 395 g/mol. The number of halogens is 7. The zero-order valence-corrected chi connectivity index (χ0v) is 9.20. The van der Waals surface area contributed by atoms with Gasteiger partial charge in [-0.15, -0.1) is 0 Å². The molecule has 0 amide bonds. The van der Waals surface area contributed by atoms with Gasteiger partial charge in [0.15, 0.2) is 0 Å². The summed E-state index contributed by atoms with van der Waals surface area (Å²) in [6.45, 7) is 0. The van der Waals surface area contributed by atoms with E-state index in [1.807, 2.05) is 0 Å². The second kappa shape index (κ2) is 207. The smallest absolute Gasteiger partial charge is 1.00 e. The van der Waals surface area contributed by atoms with Crippen LogP contribution in [0.3, 0.4) is 0 Å². The Labute approximate surface area is 120 Å². The van der Waals surface area contributed by atoms with E-state index >= 15 is 0 Å². The average Bonchev–Trinajstić information content (AvgIpc) is 0. The van der Waals surface area contributed by atoms with Crippen LogP contribution in [-0.2, 0) is 32.7 Å². The molecule has 1 radical (unpaired) electrons. The SMILES string of the molecule is [Er+3].[F-].[F-].[F-].[F-].[F-].[F-].[F-].[Li+].[Y+3]. The molecule has 10 heteroatoms. The number of hydrogen-bond donors (Lipinski definition) is 0. The van der Waals surface area contributed by atoms with E-state index in [4.69, 9.17) is 0 Å². The van der Waals surface area contributed by atoms with Gasteiger partial charge in [-0.3, -0.25) is 0 Å². The molecule has 0 aromatic carbocycles. The van der Waals surface area contributed by atoms with Gasteiger partial charge in [-0.1, -0.05) is 0 Å². The van der Waals surface area contributed by atoms with Crippen molar-refractivity contribution in [1.29, 1.82) is 0 Å². The molecule has 0 saturated carbocycles. The minimum Gasteiger partial charge on any atom is -1.00 e. The Balaban J connectivity index is 0. The van der Waals surface area contributed by atoms with E-state index < -0.39 is 0 Å². The molecule has 0 unspecified atom stereocenters. The van der Waals surface area contributed by atoms with Gasteiger partial charge in [-0.05, 0) is 0 Å². The van der Waals surface area contributed by atoms with Gasteiger partial charge in [0.2, 0.25) is 0 Å². The van der Waals surface area contributed by atoms with E-state index in [9.17, 15) is 0 Å². The molecular weight excluding hydrogens is 396 g/mol. The zero-order chi connectivity index (χ0) is 0. The summed E-state index contributed by atoms with van der Waals surface area (Å²) < 4.78 is 0. The van der Waals surface area contributed by atoms with Crippen molar-refractivity contribution in [3.05, 3.63) is 0 Å². The fourth-order valence-electron chi connectivity index (χ4n) is 0. The second-order valence-electron chi connectivity index (χ2n) is 0. The molecule has 0 aliphatic carbocycles. The van der Waals surface area contributed by atoms with Crippen LogP contribution in [0, 0.1) is 37.3 Å². The van der Waals surface area contributed by atoms with E-state index in [0.717, 1.165) is 0 Å². The van der Waals surface area contributed by atoms with Crippen LogP contribution < -0.4 is 51.8 Å². The molecule has 0 bridgehead atoms. The molecule has 0 aliphatic rings. The van der Waals surface area contributed by atoms with Crippen molar-refractivity contribution in [2.45, 2.75) is 0 Å². The van der Waals surface area contributed by atoms with Crippen molar-refractivity contribution in [2.24, 2.45) is 0 Å². The molecule has 0 saturated heterocycles. The summed E-state index contributed by atoms with van der Waals surface area (Å²) in [5.41, 5.74) is 0. The third kappa shape index (κ3) is 155.